The third-order valence-corrected chi connectivity index (χ3v) is 8.89. The van der Waals surface area contributed by atoms with Crippen LogP contribution in [0.4, 0.5) is 0 Å². The van der Waals surface area contributed by atoms with Gasteiger partial charge in [-0.3, -0.25) is 9.59 Å². The fourth-order valence-electron chi connectivity index (χ4n) is 8.09. The highest BCUT2D eigenvalue weighted by molar-refractivity contribution is 5.33. The molecule has 8 heterocycles. The van der Waals surface area contributed by atoms with E-state index < -0.39 is 0 Å². The summed E-state index contributed by atoms with van der Waals surface area (Å²) in [4.78, 5) is 30.0. The first kappa shape index (κ1) is 18.4. The largest absolute Gasteiger partial charge is 0.312 e. The van der Waals surface area contributed by atoms with Crippen LogP contribution < -0.4 is 11.1 Å². The average molecular weight is 419 g/mol. The van der Waals surface area contributed by atoms with Crippen molar-refractivity contribution in [2.75, 3.05) is 39.3 Å². The Morgan fingerprint density at radius 1 is 0.806 bits per heavy atom. The van der Waals surface area contributed by atoms with Gasteiger partial charge in [0.1, 0.15) is 0 Å². The molecule has 0 aromatic carbocycles. The fraction of sp³-hybridized carbons (Fsp3) is 0.600. The molecule has 6 aliphatic heterocycles. The lowest BCUT2D eigenvalue weighted by Gasteiger charge is -2.67. The Morgan fingerprint density at radius 3 is 2.45 bits per heavy atom. The number of aromatic nitrogens is 2. The predicted molar refractivity (Wildman–Crippen MR) is 118 cm³/mol. The quantitative estimate of drug-likeness (QED) is 0.758. The van der Waals surface area contributed by atoms with Crippen molar-refractivity contribution < 1.29 is 0 Å². The van der Waals surface area contributed by atoms with E-state index in [9.17, 15) is 9.59 Å². The maximum absolute atomic E-state index is 12.4. The Labute approximate surface area is 182 Å². The minimum atomic E-state index is 0.164. The van der Waals surface area contributed by atoms with Crippen molar-refractivity contribution in [3.8, 4) is 0 Å². The third kappa shape index (κ3) is 2.64. The number of pyridine rings is 2. The zero-order chi connectivity index (χ0) is 20.8. The van der Waals surface area contributed by atoms with E-state index in [1.54, 1.807) is 12.1 Å². The molecule has 4 bridgehead atoms. The molecule has 6 nitrogen and oxygen atoms in total. The van der Waals surface area contributed by atoms with Gasteiger partial charge < -0.3 is 18.9 Å². The van der Waals surface area contributed by atoms with Crippen LogP contribution in [0.25, 0.3) is 0 Å². The van der Waals surface area contributed by atoms with Crippen molar-refractivity contribution in [2.24, 2.45) is 11.3 Å². The zero-order valence-electron chi connectivity index (χ0n) is 18.0. The maximum atomic E-state index is 12.4. The van der Waals surface area contributed by atoms with E-state index in [1.807, 2.05) is 16.7 Å². The van der Waals surface area contributed by atoms with Crippen LogP contribution in [-0.4, -0.2) is 58.2 Å². The van der Waals surface area contributed by atoms with Gasteiger partial charge in [0.2, 0.25) is 0 Å². The fourth-order valence-corrected chi connectivity index (χ4v) is 8.09. The standard InChI is InChI=1S/C25H30N4O2/c30-22-5-1-3-20-19-9-18(11-28(20)22)10-26(12-19)7-8-27-15-24-13-25(14-24,17-27)21-4-2-6-23(31)29(21)16-24/h1-6,18-19H,7-17H2. The number of nitrogens with zero attached hydrogens (tertiary/aromatic N) is 4. The summed E-state index contributed by atoms with van der Waals surface area (Å²) in [6.45, 7) is 8.41. The summed E-state index contributed by atoms with van der Waals surface area (Å²) in [5, 5.41) is 0. The van der Waals surface area contributed by atoms with Crippen LogP contribution in [-0.2, 0) is 18.5 Å². The minimum Gasteiger partial charge on any atom is -0.312 e. The number of hydrogen-bond donors (Lipinski definition) is 0. The monoisotopic (exact) mass is 418 g/mol. The van der Waals surface area contributed by atoms with Crippen molar-refractivity contribution in [2.45, 2.75) is 43.7 Å². The molecule has 31 heavy (non-hydrogen) atoms. The second-order valence-electron chi connectivity index (χ2n) is 11.1. The Kier molecular flexibility index (Phi) is 3.68. The highest BCUT2D eigenvalue weighted by Gasteiger charge is 2.64. The van der Waals surface area contributed by atoms with E-state index in [0.29, 0.717) is 17.3 Å². The van der Waals surface area contributed by atoms with Crippen molar-refractivity contribution in [1.29, 1.82) is 0 Å². The molecule has 2 aromatic rings. The smallest absolute Gasteiger partial charge is 0.250 e. The van der Waals surface area contributed by atoms with Crippen molar-refractivity contribution in [3.63, 3.8) is 0 Å². The third-order valence-electron chi connectivity index (χ3n) is 8.89. The van der Waals surface area contributed by atoms with Gasteiger partial charge in [0.15, 0.2) is 0 Å². The van der Waals surface area contributed by atoms with E-state index in [-0.39, 0.29) is 16.5 Å². The van der Waals surface area contributed by atoms with Gasteiger partial charge in [-0.05, 0) is 37.3 Å². The lowest BCUT2D eigenvalue weighted by Crippen LogP contribution is -2.71. The van der Waals surface area contributed by atoms with Crippen LogP contribution in [0.5, 0.6) is 0 Å². The summed E-state index contributed by atoms with van der Waals surface area (Å²) in [6.07, 6.45) is 3.75. The number of likely N-dealkylation sites (tertiary alicyclic amines) is 1. The molecule has 2 unspecified atom stereocenters. The molecule has 1 aliphatic carbocycles. The molecule has 7 aliphatic rings. The molecule has 162 valence electrons. The minimum absolute atomic E-state index is 0.164. The number of fused-ring (bicyclic) bond motifs is 6. The van der Waals surface area contributed by atoms with E-state index in [1.165, 1.54) is 30.7 Å². The Hall–Kier alpha value is -2.18. The maximum Gasteiger partial charge on any atom is 0.250 e. The van der Waals surface area contributed by atoms with Crippen molar-refractivity contribution in [3.05, 3.63) is 68.5 Å². The summed E-state index contributed by atoms with van der Waals surface area (Å²) in [5.41, 5.74) is 3.38. The van der Waals surface area contributed by atoms with Gasteiger partial charge in [-0.2, -0.15) is 0 Å². The number of piperidine rings is 3. The van der Waals surface area contributed by atoms with Gasteiger partial charge >= 0.3 is 0 Å². The van der Waals surface area contributed by atoms with Crippen LogP contribution in [0, 0.1) is 11.3 Å². The Bertz CT molecular complexity index is 1170. The second-order valence-corrected chi connectivity index (χ2v) is 11.1. The molecule has 0 spiro atoms. The lowest BCUT2D eigenvalue weighted by molar-refractivity contribution is -0.124. The van der Waals surface area contributed by atoms with Crippen LogP contribution >= 0.6 is 0 Å². The molecule has 6 heteroatoms. The van der Waals surface area contributed by atoms with Gasteiger partial charge in [0.25, 0.3) is 11.1 Å². The molecule has 4 fully saturated rings. The number of hydrogen-bond acceptors (Lipinski definition) is 4. The SMILES string of the molecule is O=c1cccc2n1CC1CC2CN(CCN2CC34Cn5c(cccc5=O)C(C2)(C3)C4)C1. The topological polar surface area (TPSA) is 50.5 Å². The summed E-state index contributed by atoms with van der Waals surface area (Å²) in [7, 11) is 0. The van der Waals surface area contributed by atoms with Crippen LogP contribution in [0.2, 0.25) is 0 Å². The van der Waals surface area contributed by atoms with Crippen LogP contribution in [0.3, 0.4) is 0 Å². The van der Waals surface area contributed by atoms with Gasteiger partial charge in [0, 0.05) is 92.6 Å². The summed E-state index contributed by atoms with van der Waals surface area (Å²) in [6, 6.07) is 11.6. The van der Waals surface area contributed by atoms with Crippen molar-refractivity contribution >= 4 is 0 Å². The first-order valence-electron chi connectivity index (χ1n) is 11.9. The number of rotatable bonds is 3. The predicted octanol–water partition coefficient (Wildman–Crippen LogP) is 1.48. The van der Waals surface area contributed by atoms with Crippen LogP contribution in [0.15, 0.2) is 46.0 Å². The molecule has 2 aromatic heterocycles. The molecule has 0 N–H and O–H groups in total. The summed E-state index contributed by atoms with van der Waals surface area (Å²) in [5.74, 6) is 1.09. The molecular weight excluding hydrogens is 388 g/mol. The van der Waals surface area contributed by atoms with E-state index in [2.05, 4.69) is 26.5 Å². The molecule has 9 rings (SSSR count). The Balaban J connectivity index is 1.06. The molecule has 3 saturated heterocycles. The normalized spacial score (nSPS) is 35.7. The molecule has 0 amide bonds. The molecule has 2 atom stereocenters. The van der Waals surface area contributed by atoms with Crippen LogP contribution in [0.1, 0.15) is 36.6 Å². The zero-order valence-corrected chi connectivity index (χ0v) is 18.0. The molecule has 1 saturated carbocycles. The highest BCUT2D eigenvalue weighted by atomic mass is 16.1. The van der Waals surface area contributed by atoms with E-state index >= 15 is 0 Å². The lowest BCUT2D eigenvalue weighted by atomic mass is 9.46. The van der Waals surface area contributed by atoms with E-state index in [0.717, 1.165) is 52.4 Å². The van der Waals surface area contributed by atoms with Gasteiger partial charge in [0.05, 0.1) is 0 Å². The summed E-state index contributed by atoms with van der Waals surface area (Å²) < 4.78 is 4.09. The molecular formula is C25H30N4O2. The van der Waals surface area contributed by atoms with Crippen molar-refractivity contribution in [1.82, 2.24) is 18.9 Å². The van der Waals surface area contributed by atoms with Gasteiger partial charge in [-0.15, -0.1) is 0 Å². The Morgan fingerprint density at radius 2 is 1.58 bits per heavy atom. The van der Waals surface area contributed by atoms with E-state index in [4.69, 9.17) is 0 Å². The van der Waals surface area contributed by atoms with Gasteiger partial charge in [-0.25, -0.2) is 0 Å². The summed E-state index contributed by atoms with van der Waals surface area (Å²) >= 11 is 0. The first-order valence-corrected chi connectivity index (χ1v) is 11.9. The van der Waals surface area contributed by atoms with Gasteiger partial charge in [-0.1, -0.05) is 12.1 Å². The molecule has 0 radical (unpaired) electrons. The highest BCUT2D eigenvalue weighted by Crippen LogP contribution is 2.63. The second kappa shape index (κ2) is 6.20. The first-order chi connectivity index (χ1) is 15.0. The average Bonchev–Trinajstić information content (AvgIpc) is 2.73.